The van der Waals surface area contributed by atoms with E-state index in [-0.39, 0.29) is 32.2 Å². The molecular formula is C80H151NO8. The van der Waals surface area contributed by atoms with Crippen molar-refractivity contribution in [3.8, 4) is 0 Å². The first-order chi connectivity index (χ1) is 43.6. The van der Waals surface area contributed by atoms with E-state index in [2.05, 4.69) is 50.3 Å². The highest BCUT2D eigenvalue weighted by Gasteiger charge is 2.22. The average Bonchev–Trinajstić information content (AvgIpc) is 3.64. The molecule has 0 spiro atoms. The third-order valence-electron chi connectivity index (χ3n) is 17.9. The first kappa shape index (κ1) is 86.5. The Bertz CT molecular complexity index is 1550. The van der Waals surface area contributed by atoms with Gasteiger partial charge in [0.25, 0.3) is 0 Å². The number of nitrogens with zero attached hydrogens (tertiary/aromatic N) is 1. The second-order valence-electron chi connectivity index (χ2n) is 28.0. The van der Waals surface area contributed by atoms with E-state index in [1.54, 1.807) is 0 Å². The molecule has 0 aliphatic rings. The Kier molecular flexibility index (Phi) is 69.4. The minimum atomic E-state index is -1.62. The predicted molar refractivity (Wildman–Crippen MR) is 380 cm³/mol. The fourth-order valence-corrected chi connectivity index (χ4v) is 11.9. The number of unbranched alkanes of at least 4 members (excludes halogenated alkanes) is 53. The van der Waals surface area contributed by atoms with Crippen molar-refractivity contribution >= 4 is 17.9 Å². The zero-order chi connectivity index (χ0) is 64.7. The summed E-state index contributed by atoms with van der Waals surface area (Å²) in [4.78, 5) is 37.6. The smallest absolute Gasteiger partial charge is 0.306 e. The summed E-state index contributed by atoms with van der Waals surface area (Å²) < 4.78 is 22.9. The van der Waals surface area contributed by atoms with Crippen molar-refractivity contribution in [3.05, 3.63) is 36.5 Å². The third-order valence-corrected chi connectivity index (χ3v) is 17.9. The second-order valence-corrected chi connectivity index (χ2v) is 28.0. The number of hydrogen-bond acceptors (Lipinski definition) is 8. The van der Waals surface area contributed by atoms with Crippen LogP contribution in [0.2, 0.25) is 0 Å². The van der Waals surface area contributed by atoms with Crippen molar-refractivity contribution in [1.29, 1.82) is 0 Å². The highest BCUT2D eigenvalue weighted by atomic mass is 16.7. The van der Waals surface area contributed by atoms with Crippen LogP contribution < -0.4 is 5.11 Å². The monoisotopic (exact) mass is 1250 g/mol. The Balaban J connectivity index is 3.97. The quantitative estimate of drug-likeness (QED) is 0.0195. The van der Waals surface area contributed by atoms with Gasteiger partial charge >= 0.3 is 11.9 Å². The van der Waals surface area contributed by atoms with E-state index in [0.717, 1.165) is 51.4 Å². The van der Waals surface area contributed by atoms with Crippen molar-refractivity contribution in [2.24, 2.45) is 0 Å². The molecule has 0 radical (unpaired) electrons. The topological polar surface area (TPSA) is 111 Å². The molecule has 0 aliphatic carbocycles. The van der Waals surface area contributed by atoms with Gasteiger partial charge in [0.2, 0.25) is 0 Å². The van der Waals surface area contributed by atoms with Crippen LogP contribution in [0.25, 0.3) is 0 Å². The Labute approximate surface area is 553 Å². The van der Waals surface area contributed by atoms with Gasteiger partial charge in [0.1, 0.15) is 13.2 Å². The Morgan fingerprint density at radius 2 is 0.607 bits per heavy atom. The van der Waals surface area contributed by atoms with Gasteiger partial charge in [-0.25, -0.2) is 0 Å². The molecule has 0 bridgehead atoms. The number of esters is 2. The SMILES string of the molecule is CCCCCCC/C=C\C/C=C\C/C=C\CCCCCCCCCCCCCCC(=O)OC(COC(=O)CCCCCCCCCCCCCCCCCCCCCCCCCCCCCCCCCCCCCCC)COC(OCC[N+](C)(C)C)C(=O)[O-]. The molecule has 9 nitrogen and oxygen atoms in total. The molecule has 0 amide bonds. The molecule has 0 saturated heterocycles. The molecule has 0 fully saturated rings. The van der Waals surface area contributed by atoms with E-state index >= 15 is 0 Å². The summed E-state index contributed by atoms with van der Waals surface area (Å²) in [7, 11) is 5.95. The summed E-state index contributed by atoms with van der Waals surface area (Å²) in [5.74, 6) is -2.26. The highest BCUT2D eigenvalue weighted by Crippen LogP contribution is 2.20. The minimum absolute atomic E-state index is 0.149. The standard InChI is InChI=1S/C80H151NO8/c1-6-8-10-12-14-16-18-20-22-24-26-28-30-32-34-35-36-37-38-39-40-41-42-43-45-46-48-50-52-54-56-58-60-62-64-66-68-70-77(82)87-74-76(75-88-80(79(84)85)86-73-72-81(3,4)5)89-78(83)71-69-67-65-63-61-59-57-55-53-51-49-47-44-33-31-29-27-25-23-21-19-17-15-13-11-9-7-2/h19,21,25,27,31,33,76,80H,6-18,20,22-24,26,28-30,32,34-75H2,1-5H3/b21-19-,27-25-,33-31-. The summed E-state index contributed by atoms with van der Waals surface area (Å²) >= 11 is 0. The number of allylic oxidation sites excluding steroid dienone is 6. The van der Waals surface area contributed by atoms with E-state index in [1.807, 2.05) is 21.1 Å². The molecule has 524 valence electrons. The van der Waals surface area contributed by atoms with Crippen molar-refractivity contribution in [1.82, 2.24) is 0 Å². The summed E-state index contributed by atoms with van der Waals surface area (Å²) in [6.07, 6.45) is 88.4. The number of carbonyl (C=O) groups excluding carboxylic acids is 3. The average molecular weight is 1260 g/mol. The van der Waals surface area contributed by atoms with Gasteiger partial charge in [0.05, 0.1) is 40.3 Å². The van der Waals surface area contributed by atoms with Gasteiger partial charge in [-0.1, -0.05) is 371 Å². The van der Waals surface area contributed by atoms with E-state index in [1.165, 1.54) is 315 Å². The maximum absolute atomic E-state index is 12.9. The molecule has 0 aliphatic heterocycles. The molecule has 0 N–H and O–H groups in total. The van der Waals surface area contributed by atoms with E-state index in [0.29, 0.717) is 23.9 Å². The number of rotatable bonds is 74. The van der Waals surface area contributed by atoms with Gasteiger partial charge in [-0.05, 0) is 51.4 Å². The van der Waals surface area contributed by atoms with Crippen LogP contribution in [-0.2, 0) is 33.3 Å². The molecule has 2 unspecified atom stereocenters. The Morgan fingerprint density at radius 3 is 0.899 bits per heavy atom. The molecule has 0 heterocycles. The zero-order valence-corrected chi connectivity index (χ0v) is 60.1. The Morgan fingerprint density at radius 1 is 0.337 bits per heavy atom. The number of quaternary nitrogens is 1. The lowest BCUT2D eigenvalue weighted by Gasteiger charge is -2.26. The van der Waals surface area contributed by atoms with E-state index in [9.17, 15) is 19.5 Å². The van der Waals surface area contributed by atoms with Crippen molar-refractivity contribution in [2.75, 3.05) is 47.5 Å². The second kappa shape index (κ2) is 71.4. The number of likely N-dealkylation sites (N-methyl/N-ethyl adjacent to an activating group) is 1. The molecule has 0 rings (SSSR count). The van der Waals surface area contributed by atoms with Gasteiger partial charge in [0.15, 0.2) is 12.4 Å². The largest absolute Gasteiger partial charge is 0.545 e. The first-order valence-corrected chi connectivity index (χ1v) is 39.1. The van der Waals surface area contributed by atoms with Gasteiger partial charge in [0, 0.05) is 12.8 Å². The first-order valence-electron chi connectivity index (χ1n) is 39.1. The van der Waals surface area contributed by atoms with Crippen LogP contribution in [0.4, 0.5) is 0 Å². The third kappa shape index (κ3) is 72.8. The van der Waals surface area contributed by atoms with Gasteiger partial charge in [-0.2, -0.15) is 0 Å². The normalized spacial score (nSPS) is 12.8. The van der Waals surface area contributed by atoms with Crippen molar-refractivity contribution in [2.45, 2.75) is 411 Å². The van der Waals surface area contributed by atoms with Gasteiger partial charge in [-0.15, -0.1) is 0 Å². The number of carboxylic acids is 1. The molecule has 9 heteroatoms. The lowest BCUT2D eigenvalue weighted by molar-refractivity contribution is -0.870. The summed E-state index contributed by atoms with van der Waals surface area (Å²) in [6.45, 7) is 4.81. The number of aliphatic carboxylic acids is 1. The molecule has 0 aromatic rings. The summed E-state index contributed by atoms with van der Waals surface area (Å²) in [5.41, 5.74) is 0. The minimum Gasteiger partial charge on any atom is -0.545 e. The number of carbonyl (C=O) groups is 3. The number of carboxylic acid groups (broad SMARTS) is 1. The highest BCUT2D eigenvalue weighted by molar-refractivity contribution is 5.70. The summed E-state index contributed by atoms with van der Waals surface area (Å²) in [6, 6.07) is 0. The number of hydrogen-bond donors (Lipinski definition) is 0. The predicted octanol–water partition coefficient (Wildman–Crippen LogP) is 23.4. The fraction of sp³-hybridized carbons (Fsp3) is 0.887. The van der Waals surface area contributed by atoms with Gasteiger partial charge in [-0.3, -0.25) is 9.59 Å². The molecule has 0 aromatic heterocycles. The van der Waals surface area contributed by atoms with Crippen LogP contribution in [0.15, 0.2) is 36.5 Å². The van der Waals surface area contributed by atoms with Crippen LogP contribution in [0.1, 0.15) is 399 Å². The van der Waals surface area contributed by atoms with Crippen molar-refractivity contribution in [3.63, 3.8) is 0 Å². The van der Waals surface area contributed by atoms with Crippen molar-refractivity contribution < 1.29 is 42.9 Å². The van der Waals surface area contributed by atoms with E-state index < -0.39 is 24.3 Å². The van der Waals surface area contributed by atoms with E-state index in [4.69, 9.17) is 18.9 Å². The molecule has 0 aromatic carbocycles. The lowest BCUT2D eigenvalue weighted by Crippen LogP contribution is -2.44. The summed E-state index contributed by atoms with van der Waals surface area (Å²) in [5, 5.41) is 11.8. The zero-order valence-electron chi connectivity index (χ0n) is 60.1. The lowest BCUT2D eigenvalue weighted by atomic mass is 10.0. The fourth-order valence-electron chi connectivity index (χ4n) is 11.9. The maximum atomic E-state index is 12.9. The van der Waals surface area contributed by atoms with Crippen LogP contribution in [0, 0.1) is 0 Å². The van der Waals surface area contributed by atoms with Crippen LogP contribution in [0.3, 0.4) is 0 Å². The maximum Gasteiger partial charge on any atom is 0.306 e. The van der Waals surface area contributed by atoms with Crippen LogP contribution >= 0.6 is 0 Å². The molecule has 2 atom stereocenters. The molecule has 89 heavy (non-hydrogen) atoms. The van der Waals surface area contributed by atoms with Crippen LogP contribution in [0.5, 0.6) is 0 Å². The number of ether oxygens (including phenoxy) is 4. The van der Waals surface area contributed by atoms with Gasteiger partial charge < -0.3 is 33.3 Å². The molecular weight excluding hydrogens is 1100 g/mol. The molecule has 0 saturated carbocycles. The van der Waals surface area contributed by atoms with Crippen LogP contribution in [-0.4, -0.2) is 82.3 Å². The Hall–Kier alpha value is -2.49.